The zero-order chi connectivity index (χ0) is 10.5. The number of rotatable bonds is 6. The van der Waals surface area contributed by atoms with Gasteiger partial charge in [-0.05, 0) is 0 Å². The second-order valence-electron chi connectivity index (χ2n) is 3.44. The zero-order valence-corrected chi connectivity index (χ0v) is 7.67. The number of hydrogen-bond acceptors (Lipinski definition) is 6. The Bertz CT molecular complexity index is 125. The molecule has 0 atom stereocenters. The Morgan fingerprint density at radius 3 is 1.46 bits per heavy atom. The Hall–Kier alpha value is -0.110. The van der Waals surface area contributed by atoms with Gasteiger partial charge in [0.2, 0.25) is 0 Å². The first-order valence-corrected chi connectivity index (χ1v) is 3.79. The van der Waals surface area contributed by atoms with Crippen LogP contribution in [0, 0.1) is 5.41 Å². The Labute approximate surface area is 77.5 Å². The van der Waals surface area contributed by atoms with E-state index in [0.717, 1.165) is 0 Å². The molecule has 0 unspecified atom stereocenters. The van der Waals surface area contributed by atoms with Crippen LogP contribution in [-0.2, 0) is 9.31 Å². The Kier molecular flexibility index (Phi) is 5.54. The van der Waals surface area contributed by atoms with Gasteiger partial charge in [0.05, 0.1) is 0 Å². The van der Waals surface area contributed by atoms with Gasteiger partial charge in [0.1, 0.15) is 0 Å². The van der Waals surface area contributed by atoms with E-state index in [4.69, 9.17) is 20.1 Å². The summed E-state index contributed by atoms with van der Waals surface area (Å²) in [5, 5.41) is 33.5. The fraction of sp³-hybridized carbons (Fsp3) is 1.00. The van der Waals surface area contributed by atoms with Gasteiger partial charge in [-0.25, -0.2) is 0 Å². The van der Waals surface area contributed by atoms with Crippen LogP contribution in [0.4, 0.5) is 0 Å². The van der Waals surface area contributed by atoms with Crippen molar-refractivity contribution in [3.8, 4) is 0 Å². The molecule has 0 rings (SSSR count). The lowest BCUT2D eigenvalue weighted by Crippen LogP contribution is -2.33. The average molecular weight is 192 g/mol. The van der Waals surface area contributed by atoms with Gasteiger partial charge in [-0.15, -0.1) is 0 Å². The van der Waals surface area contributed by atoms with Crippen molar-refractivity contribution < 1.29 is 29.4 Å². The molecule has 8 heteroatoms. The van der Waals surface area contributed by atoms with Crippen LogP contribution in [0.3, 0.4) is 0 Å². The van der Waals surface area contributed by atoms with Crippen LogP contribution in [-0.4, -0.2) is 48.0 Å². The first-order valence-electron chi connectivity index (χ1n) is 3.79. The summed E-state index contributed by atoms with van der Waals surface area (Å²) in [5.74, 6) is 0. The fourth-order valence-corrected chi connectivity index (χ4v) is 0.642. The maximum Gasteiger partial charge on any atom is 0.633 e. The summed E-state index contributed by atoms with van der Waals surface area (Å²) in [6.45, 7) is 3.52. The molecule has 0 bridgehead atoms. The highest BCUT2D eigenvalue weighted by atomic mass is 16.6. The fourth-order valence-electron chi connectivity index (χ4n) is 0.642. The summed E-state index contributed by atoms with van der Waals surface area (Å²) in [6, 6.07) is 0. The zero-order valence-electron chi connectivity index (χ0n) is 7.67. The SMILES string of the molecule is CC(C)(COB(O)O)COB(O)O. The number of hydrogen-bond donors (Lipinski definition) is 4. The van der Waals surface area contributed by atoms with Gasteiger partial charge in [-0.1, -0.05) is 13.8 Å². The van der Waals surface area contributed by atoms with E-state index in [2.05, 4.69) is 9.31 Å². The van der Waals surface area contributed by atoms with Gasteiger partial charge >= 0.3 is 14.6 Å². The molecule has 0 spiro atoms. The van der Waals surface area contributed by atoms with Crippen LogP contribution >= 0.6 is 0 Å². The van der Waals surface area contributed by atoms with E-state index in [9.17, 15) is 0 Å². The minimum atomic E-state index is -1.82. The molecule has 13 heavy (non-hydrogen) atoms. The van der Waals surface area contributed by atoms with Crippen molar-refractivity contribution in [3.05, 3.63) is 0 Å². The molecule has 4 N–H and O–H groups in total. The monoisotopic (exact) mass is 192 g/mol. The lowest BCUT2D eigenvalue weighted by molar-refractivity contribution is 0.0570. The predicted molar refractivity (Wildman–Crippen MR) is 46.1 cm³/mol. The van der Waals surface area contributed by atoms with Crippen LogP contribution < -0.4 is 0 Å². The van der Waals surface area contributed by atoms with Crippen LogP contribution in [0.25, 0.3) is 0 Å². The molecule has 0 saturated heterocycles. The molecule has 0 aromatic carbocycles. The molecule has 0 aliphatic rings. The minimum absolute atomic E-state index is 0.0391. The van der Waals surface area contributed by atoms with E-state index in [1.54, 1.807) is 13.8 Å². The molecule has 0 aliphatic heterocycles. The van der Waals surface area contributed by atoms with E-state index >= 15 is 0 Å². The van der Waals surface area contributed by atoms with E-state index in [1.807, 2.05) is 0 Å². The van der Waals surface area contributed by atoms with Crippen molar-refractivity contribution in [3.63, 3.8) is 0 Å². The first-order chi connectivity index (χ1) is 5.83. The normalized spacial score (nSPS) is 11.5. The topological polar surface area (TPSA) is 99.4 Å². The second-order valence-corrected chi connectivity index (χ2v) is 3.44. The van der Waals surface area contributed by atoms with E-state index < -0.39 is 20.1 Å². The molecule has 0 heterocycles. The summed E-state index contributed by atoms with van der Waals surface area (Å²) >= 11 is 0. The van der Waals surface area contributed by atoms with Crippen molar-refractivity contribution in [1.82, 2.24) is 0 Å². The van der Waals surface area contributed by atoms with Gasteiger partial charge in [-0.2, -0.15) is 0 Å². The Morgan fingerprint density at radius 2 is 1.23 bits per heavy atom. The lowest BCUT2D eigenvalue weighted by Gasteiger charge is -2.24. The first kappa shape index (κ1) is 12.9. The molecule has 76 valence electrons. The summed E-state index contributed by atoms with van der Waals surface area (Å²) in [4.78, 5) is 0. The molecular weight excluding hydrogens is 178 g/mol. The quantitative estimate of drug-likeness (QED) is 0.362. The van der Waals surface area contributed by atoms with Crippen LogP contribution in [0.15, 0.2) is 0 Å². The van der Waals surface area contributed by atoms with E-state index in [-0.39, 0.29) is 13.2 Å². The van der Waals surface area contributed by atoms with Gasteiger partial charge in [0, 0.05) is 18.6 Å². The smallest absolute Gasteiger partial charge is 0.402 e. The highest BCUT2D eigenvalue weighted by molar-refractivity contribution is 6.32. The van der Waals surface area contributed by atoms with Crippen molar-refractivity contribution in [2.75, 3.05) is 13.2 Å². The standard InChI is InChI=1S/C5H14B2O6/c1-5(2,3-12-6(8)9)4-13-7(10)11/h8-11H,3-4H2,1-2H3. The summed E-state index contributed by atoms with van der Waals surface area (Å²) in [7, 11) is -3.64. The Morgan fingerprint density at radius 1 is 0.923 bits per heavy atom. The molecule has 0 radical (unpaired) electrons. The molecule has 0 fully saturated rings. The maximum atomic E-state index is 8.39. The molecule has 0 aliphatic carbocycles. The molecule has 0 amide bonds. The highest BCUT2D eigenvalue weighted by Gasteiger charge is 2.24. The third kappa shape index (κ3) is 8.23. The average Bonchev–Trinajstić information content (AvgIpc) is 1.98. The molecule has 0 aromatic heterocycles. The van der Waals surface area contributed by atoms with Gasteiger partial charge in [0.25, 0.3) is 0 Å². The third-order valence-corrected chi connectivity index (χ3v) is 1.25. The van der Waals surface area contributed by atoms with E-state index in [1.165, 1.54) is 0 Å². The summed E-state index contributed by atoms with van der Waals surface area (Å²) in [5.41, 5.74) is -0.520. The second kappa shape index (κ2) is 5.58. The summed E-state index contributed by atoms with van der Waals surface area (Å²) in [6.07, 6.45) is 0. The van der Waals surface area contributed by atoms with Crippen molar-refractivity contribution >= 4 is 14.6 Å². The van der Waals surface area contributed by atoms with Crippen LogP contribution in [0.1, 0.15) is 13.8 Å². The minimum Gasteiger partial charge on any atom is -0.402 e. The van der Waals surface area contributed by atoms with Crippen molar-refractivity contribution in [2.24, 2.45) is 5.41 Å². The largest absolute Gasteiger partial charge is 0.633 e. The predicted octanol–water partition coefficient (Wildman–Crippen LogP) is -2.02. The molecule has 0 aromatic rings. The van der Waals surface area contributed by atoms with E-state index in [0.29, 0.717) is 0 Å². The van der Waals surface area contributed by atoms with Gasteiger partial charge in [-0.3, -0.25) is 0 Å². The molecular formula is C5H14B2O6. The van der Waals surface area contributed by atoms with Gasteiger partial charge < -0.3 is 29.4 Å². The van der Waals surface area contributed by atoms with Gasteiger partial charge in [0.15, 0.2) is 0 Å². The highest BCUT2D eigenvalue weighted by Crippen LogP contribution is 2.15. The maximum absolute atomic E-state index is 8.39. The lowest BCUT2D eigenvalue weighted by atomic mass is 9.95. The van der Waals surface area contributed by atoms with Crippen LogP contribution in [0.5, 0.6) is 0 Å². The Balaban J connectivity index is 3.66. The third-order valence-electron chi connectivity index (χ3n) is 1.25. The summed E-state index contributed by atoms with van der Waals surface area (Å²) < 4.78 is 9.01. The van der Waals surface area contributed by atoms with Crippen molar-refractivity contribution in [2.45, 2.75) is 13.8 Å². The molecule has 0 saturated carbocycles. The molecule has 6 nitrogen and oxygen atoms in total. The van der Waals surface area contributed by atoms with Crippen molar-refractivity contribution in [1.29, 1.82) is 0 Å². The van der Waals surface area contributed by atoms with Crippen LogP contribution in [0.2, 0.25) is 0 Å².